The number of nitrogens with zero attached hydrogens (tertiary/aromatic N) is 6. The van der Waals surface area contributed by atoms with Crippen molar-refractivity contribution in [1.82, 2.24) is 25.5 Å². The number of rotatable bonds is 7. The van der Waals surface area contributed by atoms with Crippen LogP contribution in [0.3, 0.4) is 0 Å². The van der Waals surface area contributed by atoms with Gasteiger partial charge in [0.2, 0.25) is 5.95 Å². The molecule has 0 amide bonds. The molecule has 172 valence electrons. The normalized spacial score (nSPS) is 19.9. The fraction of sp³-hybridized carbons (Fsp3) is 0.542. The summed E-state index contributed by atoms with van der Waals surface area (Å²) in [5.74, 6) is 1.76. The predicted octanol–water partition coefficient (Wildman–Crippen LogP) is 1.74. The van der Waals surface area contributed by atoms with Gasteiger partial charge in [0.15, 0.2) is 5.96 Å². The van der Waals surface area contributed by atoms with E-state index in [0.29, 0.717) is 6.04 Å². The van der Waals surface area contributed by atoms with E-state index in [-0.39, 0.29) is 0 Å². The number of anilines is 2. The number of benzene rings is 1. The molecule has 1 atom stereocenters. The van der Waals surface area contributed by atoms with E-state index in [1.165, 1.54) is 11.3 Å². The van der Waals surface area contributed by atoms with Crippen LogP contribution in [0.2, 0.25) is 0 Å². The minimum atomic E-state index is 0.420. The van der Waals surface area contributed by atoms with E-state index in [2.05, 4.69) is 73.4 Å². The average Bonchev–Trinajstić information content (AvgIpc) is 3.29. The lowest BCUT2D eigenvalue weighted by Gasteiger charge is -2.34. The van der Waals surface area contributed by atoms with Gasteiger partial charge in [0.05, 0.1) is 6.54 Å². The number of aliphatic imine (C=N–C) groups is 1. The van der Waals surface area contributed by atoms with Gasteiger partial charge in [-0.25, -0.2) is 9.97 Å². The van der Waals surface area contributed by atoms with Gasteiger partial charge in [-0.1, -0.05) is 17.7 Å². The minimum absolute atomic E-state index is 0.420. The summed E-state index contributed by atoms with van der Waals surface area (Å²) in [5, 5.41) is 7.06. The van der Waals surface area contributed by atoms with Crippen LogP contribution >= 0.6 is 0 Å². The lowest BCUT2D eigenvalue weighted by Crippen LogP contribution is -2.48. The van der Waals surface area contributed by atoms with E-state index in [4.69, 9.17) is 4.99 Å². The van der Waals surface area contributed by atoms with Crippen molar-refractivity contribution in [1.29, 1.82) is 0 Å². The smallest absolute Gasteiger partial charge is 0.225 e. The Morgan fingerprint density at radius 2 is 1.78 bits per heavy atom. The van der Waals surface area contributed by atoms with Crippen molar-refractivity contribution in [3.8, 4) is 0 Å². The minimum Gasteiger partial charge on any atom is -0.369 e. The summed E-state index contributed by atoms with van der Waals surface area (Å²) in [6.07, 6.45) is 4.74. The van der Waals surface area contributed by atoms with Gasteiger partial charge in [-0.3, -0.25) is 9.89 Å². The van der Waals surface area contributed by atoms with Crippen LogP contribution in [0.15, 0.2) is 47.7 Å². The van der Waals surface area contributed by atoms with Crippen LogP contribution in [0.5, 0.6) is 0 Å². The largest absolute Gasteiger partial charge is 0.369 e. The molecule has 1 aromatic heterocycles. The molecule has 0 bridgehead atoms. The third kappa shape index (κ3) is 6.09. The fourth-order valence-electron chi connectivity index (χ4n) is 4.31. The van der Waals surface area contributed by atoms with E-state index in [9.17, 15) is 0 Å². The molecule has 3 heterocycles. The summed E-state index contributed by atoms with van der Waals surface area (Å²) >= 11 is 0. The molecule has 32 heavy (non-hydrogen) atoms. The molecule has 0 radical (unpaired) electrons. The fourth-order valence-corrected chi connectivity index (χ4v) is 4.31. The Bertz CT molecular complexity index is 846. The molecule has 2 N–H and O–H groups in total. The first-order valence-electron chi connectivity index (χ1n) is 11.8. The lowest BCUT2D eigenvalue weighted by molar-refractivity contribution is 0.263. The van der Waals surface area contributed by atoms with Gasteiger partial charge in [0, 0.05) is 76.5 Å². The number of aromatic nitrogens is 2. The number of hydrogen-bond acceptors (Lipinski definition) is 6. The van der Waals surface area contributed by atoms with Crippen LogP contribution in [-0.2, 0) is 0 Å². The third-order valence-corrected chi connectivity index (χ3v) is 6.17. The summed E-state index contributed by atoms with van der Waals surface area (Å²) in [6, 6.07) is 11.1. The second kappa shape index (κ2) is 11.1. The molecule has 2 aromatic rings. The number of piperazine rings is 1. The lowest BCUT2D eigenvalue weighted by atomic mass is 10.2. The van der Waals surface area contributed by atoms with Crippen molar-refractivity contribution in [3.05, 3.63) is 48.3 Å². The highest BCUT2D eigenvalue weighted by Crippen LogP contribution is 2.20. The Morgan fingerprint density at radius 3 is 2.50 bits per heavy atom. The van der Waals surface area contributed by atoms with Gasteiger partial charge in [-0.05, 0) is 38.5 Å². The predicted molar refractivity (Wildman–Crippen MR) is 132 cm³/mol. The Hall–Kier alpha value is -2.87. The molecule has 1 aromatic carbocycles. The average molecular weight is 437 g/mol. The molecule has 0 spiro atoms. The van der Waals surface area contributed by atoms with E-state index >= 15 is 0 Å². The van der Waals surface area contributed by atoms with Gasteiger partial charge >= 0.3 is 0 Å². The van der Waals surface area contributed by atoms with Crippen LogP contribution in [0.4, 0.5) is 11.6 Å². The quantitative estimate of drug-likeness (QED) is 0.506. The van der Waals surface area contributed by atoms with Crippen LogP contribution in [0, 0.1) is 6.92 Å². The van der Waals surface area contributed by atoms with Crippen LogP contribution in [0.25, 0.3) is 0 Å². The van der Waals surface area contributed by atoms with Crippen molar-refractivity contribution in [2.24, 2.45) is 4.99 Å². The van der Waals surface area contributed by atoms with Gasteiger partial charge in [-0.2, -0.15) is 0 Å². The molecule has 4 rings (SSSR count). The number of hydrogen-bond donors (Lipinski definition) is 2. The van der Waals surface area contributed by atoms with E-state index in [1.807, 2.05) is 18.5 Å². The first-order chi connectivity index (χ1) is 15.7. The van der Waals surface area contributed by atoms with E-state index in [0.717, 1.165) is 77.2 Å². The van der Waals surface area contributed by atoms with Crippen LogP contribution in [-0.4, -0.2) is 85.8 Å². The molecule has 8 heteroatoms. The molecule has 2 fully saturated rings. The molecule has 2 aliphatic rings. The van der Waals surface area contributed by atoms with E-state index < -0.39 is 0 Å². The van der Waals surface area contributed by atoms with Crippen molar-refractivity contribution >= 4 is 17.6 Å². The van der Waals surface area contributed by atoms with Crippen LogP contribution in [0.1, 0.15) is 18.9 Å². The number of guanidine groups is 1. The van der Waals surface area contributed by atoms with Gasteiger partial charge in [0.1, 0.15) is 0 Å². The van der Waals surface area contributed by atoms with Gasteiger partial charge < -0.3 is 20.4 Å². The maximum Gasteiger partial charge on any atom is 0.225 e. The maximum absolute atomic E-state index is 4.85. The summed E-state index contributed by atoms with van der Waals surface area (Å²) in [6.45, 7) is 12.9. The standard InChI is InChI=1S/C24H36N8/c1-3-25-23(29-21-9-13-32(19-21)22-7-5-20(2)6-8-22)26-12-14-30-15-17-31(18-16-30)24-27-10-4-11-28-24/h4-8,10-11,21H,3,9,12-19H2,1-2H3,(H2,25,26,29). The second-order valence-electron chi connectivity index (χ2n) is 8.55. The molecule has 2 saturated heterocycles. The van der Waals surface area contributed by atoms with Crippen molar-refractivity contribution in [2.75, 3.05) is 68.7 Å². The summed E-state index contributed by atoms with van der Waals surface area (Å²) in [7, 11) is 0. The third-order valence-electron chi connectivity index (χ3n) is 6.17. The zero-order chi connectivity index (χ0) is 22.2. The topological polar surface area (TPSA) is 71.9 Å². The van der Waals surface area contributed by atoms with Gasteiger partial charge in [-0.15, -0.1) is 0 Å². The Kier molecular flexibility index (Phi) is 7.77. The van der Waals surface area contributed by atoms with Gasteiger partial charge in [0.25, 0.3) is 0 Å². The maximum atomic E-state index is 4.85. The Labute approximate surface area is 191 Å². The molecular formula is C24H36N8. The Balaban J connectivity index is 1.22. The zero-order valence-corrected chi connectivity index (χ0v) is 19.4. The van der Waals surface area contributed by atoms with Crippen molar-refractivity contribution < 1.29 is 0 Å². The second-order valence-corrected chi connectivity index (χ2v) is 8.55. The molecular weight excluding hydrogens is 400 g/mol. The summed E-state index contributed by atoms with van der Waals surface area (Å²) in [5.41, 5.74) is 2.61. The zero-order valence-electron chi connectivity index (χ0n) is 19.4. The highest BCUT2D eigenvalue weighted by atomic mass is 15.3. The molecule has 0 aliphatic carbocycles. The highest BCUT2D eigenvalue weighted by Gasteiger charge is 2.23. The molecule has 1 unspecified atom stereocenters. The van der Waals surface area contributed by atoms with E-state index in [1.54, 1.807) is 0 Å². The molecule has 0 saturated carbocycles. The van der Waals surface area contributed by atoms with Crippen molar-refractivity contribution in [3.63, 3.8) is 0 Å². The van der Waals surface area contributed by atoms with Crippen molar-refractivity contribution in [2.45, 2.75) is 26.3 Å². The summed E-state index contributed by atoms with van der Waals surface area (Å²) in [4.78, 5) is 20.8. The molecule has 8 nitrogen and oxygen atoms in total. The Morgan fingerprint density at radius 1 is 1.03 bits per heavy atom. The first-order valence-corrected chi connectivity index (χ1v) is 11.8. The van der Waals surface area contributed by atoms with Crippen LogP contribution < -0.4 is 20.4 Å². The molecule has 2 aliphatic heterocycles. The summed E-state index contributed by atoms with van der Waals surface area (Å²) < 4.78 is 0. The highest BCUT2D eigenvalue weighted by molar-refractivity contribution is 5.80. The monoisotopic (exact) mass is 436 g/mol. The number of aryl methyl sites for hydroxylation is 1. The SMILES string of the molecule is CCNC(=NCCN1CCN(c2ncccn2)CC1)NC1CCN(c2ccc(C)cc2)C1. The first kappa shape index (κ1) is 22.3. The number of nitrogens with one attached hydrogen (secondary N) is 2.